The van der Waals surface area contributed by atoms with Gasteiger partial charge in [-0.3, -0.25) is 4.79 Å². The number of carbonyl (C=O) groups is 1. The van der Waals surface area contributed by atoms with Gasteiger partial charge in [-0.25, -0.2) is 0 Å². The Morgan fingerprint density at radius 2 is 2.17 bits per heavy atom. The van der Waals surface area contributed by atoms with Crippen molar-refractivity contribution in [3.63, 3.8) is 0 Å². The van der Waals surface area contributed by atoms with E-state index >= 15 is 0 Å². The minimum atomic E-state index is -0.606. The van der Waals surface area contributed by atoms with Crippen LogP contribution in [0.5, 0.6) is 0 Å². The molecular weight excluding hydrogens is 230 g/mol. The third kappa shape index (κ3) is 3.23. The summed E-state index contributed by atoms with van der Waals surface area (Å²) in [7, 11) is 0. The smallest absolute Gasteiger partial charge is 0.313 e. The first kappa shape index (κ1) is 15.4. The van der Waals surface area contributed by atoms with Gasteiger partial charge in [-0.1, -0.05) is 13.8 Å². The first-order valence-electron chi connectivity index (χ1n) is 6.99. The zero-order chi connectivity index (χ0) is 13.8. The number of hydrogen-bond acceptors (Lipinski definition) is 4. The molecule has 2 N–H and O–H groups in total. The molecule has 3 unspecified atom stereocenters. The molecule has 0 aliphatic carbocycles. The highest BCUT2D eigenvalue weighted by Gasteiger charge is 2.44. The van der Waals surface area contributed by atoms with E-state index in [2.05, 4.69) is 6.92 Å². The quantitative estimate of drug-likeness (QED) is 0.740. The Balaban J connectivity index is 2.79. The number of nitrogens with two attached hydrogens (primary N) is 1. The van der Waals surface area contributed by atoms with E-state index in [1.807, 2.05) is 20.8 Å². The second kappa shape index (κ2) is 6.53. The van der Waals surface area contributed by atoms with E-state index in [-0.39, 0.29) is 18.0 Å². The average Bonchev–Trinajstić information content (AvgIpc) is 2.71. The molecule has 1 heterocycles. The second-order valence-corrected chi connectivity index (χ2v) is 5.59. The molecule has 0 aromatic rings. The Bertz CT molecular complexity index is 280. The molecule has 1 aliphatic rings. The molecule has 106 valence electrons. The van der Waals surface area contributed by atoms with E-state index < -0.39 is 5.41 Å². The van der Waals surface area contributed by atoms with Crippen molar-refractivity contribution < 1.29 is 14.3 Å². The Hall–Kier alpha value is -0.610. The lowest BCUT2D eigenvalue weighted by Gasteiger charge is -2.35. The first-order valence-corrected chi connectivity index (χ1v) is 6.99. The lowest BCUT2D eigenvalue weighted by molar-refractivity contribution is -0.160. The number of hydrogen-bond donors (Lipinski definition) is 1. The third-order valence-corrected chi connectivity index (χ3v) is 4.06. The highest BCUT2D eigenvalue weighted by molar-refractivity contribution is 5.77. The maximum Gasteiger partial charge on any atom is 0.313 e. The van der Waals surface area contributed by atoms with Gasteiger partial charge in [-0.15, -0.1) is 0 Å². The van der Waals surface area contributed by atoms with Gasteiger partial charge in [0, 0.05) is 6.54 Å². The van der Waals surface area contributed by atoms with Crippen molar-refractivity contribution in [2.45, 2.75) is 59.2 Å². The van der Waals surface area contributed by atoms with E-state index in [0.29, 0.717) is 25.7 Å². The fourth-order valence-electron chi connectivity index (χ4n) is 2.67. The molecule has 4 nitrogen and oxygen atoms in total. The van der Waals surface area contributed by atoms with Gasteiger partial charge in [0.1, 0.15) is 0 Å². The fraction of sp³-hybridized carbons (Fsp3) is 0.929. The van der Waals surface area contributed by atoms with E-state index in [9.17, 15) is 4.79 Å². The molecule has 0 aromatic carbocycles. The lowest BCUT2D eigenvalue weighted by atomic mass is 9.72. The van der Waals surface area contributed by atoms with Crippen LogP contribution >= 0.6 is 0 Å². The Kier molecular flexibility index (Phi) is 5.60. The normalized spacial score (nSPS) is 27.2. The number of esters is 1. The second-order valence-electron chi connectivity index (χ2n) is 5.59. The van der Waals surface area contributed by atoms with Crippen LogP contribution in [-0.2, 0) is 14.3 Å². The van der Waals surface area contributed by atoms with E-state index in [0.717, 1.165) is 12.8 Å². The summed E-state index contributed by atoms with van der Waals surface area (Å²) in [5, 5.41) is 0. The molecule has 3 atom stereocenters. The van der Waals surface area contributed by atoms with Crippen LogP contribution in [0.3, 0.4) is 0 Å². The van der Waals surface area contributed by atoms with Gasteiger partial charge in [-0.05, 0) is 39.0 Å². The molecule has 4 heteroatoms. The number of ether oxygens (including phenoxy) is 2. The van der Waals surface area contributed by atoms with Crippen LogP contribution in [0.2, 0.25) is 0 Å². The molecular formula is C14H27NO3. The zero-order valence-corrected chi connectivity index (χ0v) is 12.1. The Labute approximate surface area is 110 Å². The summed E-state index contributed by atoms with van der Waals surface area (Å²) in [6.07, 6.45) is 3.17. The van der Waals surface area contributed by atoms with Crippen molar-refractivity contribution in [1.29, 1.82) is 0 Å². The SMILES string of the molecule is CCOC(=O)C(CN)(CC1CCC(C)O1)C(C)C. The molecule has 0 bridgehead atoms. The largest absolute Gasteiger partial charge is 0.466 e. The highest BCUT2D eigenvalue weighted by atomic mass is 16.5. The van der Waals surface area contributed by atoms with E-state index in [4.69, 9.17) is 15.2 Å². The molecule has 1 rings (SSSR count). The standard InChI is InChI=1S/C14H27NO3/c1-5-17-13(16)14(9-15,10(2)3)8-12-7-6-11(4)18-12/h10-12H,5-9,15H2,1-4H3. The molecule has 0 spiro atoms. The summed E-state index contributed by atoms with van der Waals surface area (Å²) < 4.78 is 11.1. The minimum absolute atomic E-state index is 0.135. The van der Waals surface area contributed by atoms with Crippen molar-refractivity contribution in [3.8, 4) is 0 Å². The van der Waals surface area contributed by atoms with E-state index in [1.54, 1.807) is 0 Å². The summed E-state index contributed by atoms with van der Waals surface area (Å²) >= 11 is 0. The molecule has 0 saturated carbocycles. The Morgan fingerprint density at radius 1 is 1.50 bits per heavy atom. The van der Waals surface area contributed by atoms with Crippen molar-refractivity contribution >= 4 is 5.97 Å². The summed E-state index contributed by atoms with van der Waals surface area (Å²) in [6.45, 7) is 8.68. The van der Waals surface area contributed by atoms with Crippen LogP contribution in [-0.4, -0.2) is 31.3 Å². The topological polar surface area (TPSA) is 61.5 Å². The van der Waals surface area contributed by atoms with Gasteiger partial charge >= 0.3 is 5.97 Å². The van der Waals surface area contributed by atoms with Gasteiger partial charge in [0.15, 0.2) is 0 Å². The predicted octanol–water partition coefficient (Wildman–Crippen LogP) is 2.11. The molecule has 18 heavy (non-hydrogen) atoms. The van der Waals surface area contributed by atoms with Gasteiger partial charge in [0.05, 0.1) is 24.2 Å². The maximum atomic E-state index is 12.2. The average molecular weight is 257 g/mol. The molecule has 0 amide bonds. The first-order chi connectivity index (χ1) is 8.46. The molecule has 0 aromatic heterocycles. The van der Waals surface area contributed by atoms with Crippen LogP contribution in [0.4, 0.5) is 0 Å². The van der Waals surface area contributed by atoms with Gasteiger partial charge < -0.3 is 15.2 Å². The maximum absolute atomic E-state index is 12.2. The lowest BCUT2D eigenvalue weighted by Crippen LogP contribution is -2.46. The third-order valence-electron chi connectivity index (χ3n) is 4.06. The van der Waals surface area contributed by atoms with Crippen LogP contribution in [0.25, 0.3) is 0 Å². The van der Waals surface area contributed by atoms with Gasteiger partial charge in [-0.2, -0.15) is 0 Å². The summed E-state index contributed by atoms with van der Waals surface area (Å²) in [4.78, 5) is 12.2. The minimum Gasteiger partial charge on any atom is -0.466 e. The van der Waals surface area contributed by atoms with Crippen LogP contribution < -0.4 is 5.73 Å². The fourth-order valence-corrected chi connectivity index (χ4v) is 2.67. The monoisotopic (exact) mass is 257 g/mol. The number of rotatable bonds is 6. The van der Waals surface area contributed by atoms with Crippen molar-refractivity contribution in [2.75, 3.05) is 13.2 Å². The molecule has 0 radical (unpaired) electrons. The van der Waals surface area contributed by atoms with Crippen molar-refractivity contribution in [3.05, 3.63) is 0 Å². The number of carbonyl (C=O) groups excluding carboxylic acids is 1. The Morgan fingerprint density at radius 3 is 2.56 bits per heavy atom. The highest BCUT2D eigenvalue weighted by Crippen LogP contribution is 2.37. The predicted molar refractivity (Wildman–Crippen MR) is 71.1 cm³/mol. The summed E-state index contributed by atoms with van der Waals surface area (Å²) in [5.41, 5.74) is 5.29. The van der Waals surface area contributed by atoms with Gasteiger partial charge in [0.2, 0.25) is 0 Å². The molecule has 1 fully saturated rings. The molecule has 1 aliphatic heterocycles. The van der Waals surface area contributed by atoms with E-state index in [1.165, 1.54) is 0 Å². The molecule has 1 saturated heterocycles. The zero-order valence-electron chi connectivity index (χ0n) is 12.1. The summed E-state index contributed by atoms with van der Waals surface area (Å²) in [6, 6.07) is 0. The van der Waals surface area contributed by atoms with Crippen molar-refractivity contribution in [2.24, 2.45) is 17.1 Å². The van der Waals surface area contributed by atoms with Crippen LogP contribution in [0.15, 0.2) is 0 Å². The van der Waals surface area contributed by atoms with Gasteiger partial charge in [0.25, 0.3) is 0 Å². The van der Waals surface area contributed by atoms with Crippen molar-refractivity contribution in [1.82, 2.24) is 0 Å². The van der Waals surface area contributed by atoms with Crippen LogP contribution in [0.1, 0.15) is 47.0 Å². The summed E-state index contributed by atoms with van der Waals surface area (Å²) in [5.74, 6) is -0.0216. The van der Waals surface area contributed by atoms with Crippen LogP contribution in [0, 0.1) is 11.3 Å².